The SMILES string of the molecule is O=C(O)c1c(Br)c(Br)c(Br)c(Br)c1C(=O)OCCCO. The molecule has 0 saturated carbocycles. The van der Waals surface area contributed by atoms with Crippen LogP contribution in [0.25, 0.3) is 0 Å². The van der Waals surface area contributed by atoms with Crippen LogP contribution in [0.2, 0.25) is 0 Å². The van der Waals surface area contributed by atoms with Gasteiger partial charge >= 0.3 is 11.9 Å². The normalized spacial score (nSPS) is 10.4. The summed E-state index contributed by atoms with van der Waals surface area (Å²) in [4.78, 5) is 23.4. The Hall–Kier alpha value is 0.0400. The molecule has 0 spiro atoms. The van der Waals surface area contributed by atoms with Gasteiger partial charge in [0.15, 0.2) is 0 Å². The summed E-state index contributed by atoms with van der Waals surface area (Å²) in [5.74, 6) is -2.04. The molecule has 0 aliphatic heterocycles. The maximum absolute atomic E-state index is 12.0. The van der Waals surface area contributed by atoms with Gasteiger partial charge < -0.3 is 14.9 Å². The minimum atomic E-state index is -1.26. The van der Waals surface area contributed by atoms with Crippen molar-refractivity contribution < 1.29 is 24.5 Å². The predicted octanol–water partition coefficient (Wildman–Crippen LogP) is 3.97. The average Bonchev–Trinajstić information content (AvgIpc) is 2.39. The second-order valence-electron chi connectivity index (χ2n) is 3.52. The first-order valence-corrected chi connectivity index (χ1v) is 8.37. The first-order chi connectivity index (χ1) is 9.32. The molecule has 0 heterocycles. The highest BCUT2D eigenvalue weighted by Crippen LogP contribution is 2.42. The van der Waals surface area contributed by atoms with Gasteiger partial charge in [-0.3, -0.25) is 0 Å². The van der Waals surface area contributed by atoms with Crippen LogP contribution in [-0.2, 0) is 4.74 Å². The topological polar surface area (TPSA) is 83.8 Å². The quantitative estimate of drug-likeness (QED) is 0.256. The van der Waals surface area contributed by atoms with E-state index in [0.29, 0.717) is 8.95 Å². The Morgan fingerprint density at radius 3 is 1.90 bits per heavy atom. The van der Waals surface area contributed by atoms with E-state index in [2.05, 4.69) is 63.7 Å². The van der Waals surface area contributed by atoms with Crippen LogP contribution in [0.4, 0.5) is 0 Å². The molecule has 0 saturated heterocycles. The Morgan fingerprint density at radius 2 is 1.45 bits per heavy atom. The van der Waals surface area contributed by atoms with E-state index >= 15 is 0 Å². The van der Waals surface area contributed by atoms with Gasteiger partial charge in [0.1, 0.15) is 0 Å². The third-order valence-electron chi connectivity index (χ3n) is 2.22. The highest BCUT2D eigenvalue weighted by atomic mass is 79.9. The van der Waals surface area contributed by atoms with Gasteiger partial charge in [-0.05, 0) is 63.7 Å². The van der Waals surface area contributed by atoms with Crippen LogP contribution in [0.15, 0.2) is 17.9 Å². The molecule has 0 aliphatic carbocycles. The Kier molecular flexibility index (Phi) is 7.13. The summed E-state index contributed by atoms with van der Waals surface area (Å²) >= 11 is 12.8. The molecule has 0 radical (unpaired) electrons. The highest BCUT2D eigenvalue weighted by Gasteiger charge is 2.28. The van der Waals surface area contributed by atoms with Crippen LogP contribution in [-0.4, -0.2) is 35.4 Å². The third kappa shape index (κ3) is 3.82. The van der Waals surface area contributed by atoms with Crippen molar-refractivity contribution in [2.75, 3.05) is 13.2 Å². The van der Waals surface area contributed by atoms with E-state index in [9.17, 15) is 14.7 Å². The van der Waals surface area contributed by atoms with Gasteiger partial charge in [-0.2, -0.15) is 0 Å². The fourth-order valence-electron chi connectivity index (χ4n) is 1.33. The van der Waals surface area contributed by atoms with Crippen molar-refractivity contribution in [3.8, 4) is 0 Å². The summed E-state index contributed by atoms with van der Waals surface area (Å²) in [5, 5.41) is 17.9. The van der Waals surface area contributed by atoms with E-state index in [-0.39, 0.29) is 39.7 Å². The predicted molar refractivity (Wildman–Crippen MR) is 86.2 cm³/mol. The number of carboxylic acids is 1. The average molecular weight is 540 g/mol. The lowest BCUT2D eigenvalue weighted by Crippen LogP contribution is -2.15. The van der Waals surface area contributed by atoms with Crippen LogP contribution in [0.1, 0.15) is 27.1 Å². The molecule has 0 aliphatic rings. The standard InChI is InChI=1S/C11H8Br4O5/c12-6-4(10(17)18)5(7(13)9(15)8(6)14)11(19)20-3-1-2-16/h16H,1-3H2,(H,17,18). The van der Waals surface area contributed by atoms with E-state index in [0.717, 1.165) is 0 Å². The van der Waals surface area contributed by atoms with Crippen molar-refractivity contribution in [3.05, 3.63) is 29.0 Å². The monoisotopic (exact) mass is 536 g/mol. The molecule has 0 aromatic heterocycles. The van der Waals surface area contributed by atoms with Crippen LogP contribution in [0.3, 0.4) is 0 Å². The number of rotatable bonds is 5. The lowest BCUT2D eigenvalue weighted by Gasteiger charge is -2.14. The number of aliphatic hydroxyl groups excluding tert-OH is 1. The number of carbonyl (C=O) groups excluding carboxylic acids is 1. The van der Waals surface area contributed by atoms with E-state index in [1.165, 1.54) is 0 Å². The summed E-state index contributed by atoms with van der Waals surface area (Å²) < 4.78 is 6.40. The lowest BCUT2D eigenvalue weighted by atomic mass is 10.1. The summed E-state index contributed by atoms with van der Waals surface area (Å²) in [6, 6.07) is 0. The Balaban J connectivity index is 3.37. The number of aromatic carboxylic acids is 1. The Labute approximate surface area is 148 Å². The fraction of sp³-hybridized carbons (Fsp3) is 0.273. The molecule has 1 rings (SSSR count). The van der Waals surface area contributed by atoms with E-state index < -0.39 is 11.9 Å². The minimum absolute atomic E-state index is 0.00609. The number of hydrogen-bond donors (Lipinski definition) is 2. The second-order valence-corrected chi connectivity index (χ2v) is 6.70. The molecule has 0 unspecified atom stereocenters. The first kappa shape index (κ1) is 18.1. The van der Waals surface area contributed by atoms with E-state index in [4.69, 9.17) is 9.84 Å². The number of hydrogen-bond acceptors (Lipinski definition) is 4. The molecule has 110 valence electrons. The first-order valence-electron chi connectivity index (χ1n) is 5.20. The van der Waals surface area contributed by atoms with E-state index in [1.807, 2.05) is 0 Å². The minimum Gasteiger partial charge on any atom is -0.478 e. The third-order valence-corrected chi connectivity index (χ3v) is 6.99. The number of ether oxygens (including phenoxy) is 1. The van der Waals surface area contributed by atoms with E-state index in [1.54, 1.807) is 0 Å². The van der Waals surface area contributed by atoms with Crippen molar-refractivity contribution >= 4 is 75.7 Å². The van der Waals surface area contributed by atoms with Crippen molar-refractivity contribution in [3.63, 3.8) is 0 Å². The van der Waals surface area contributed by atoms with Crippen LogP contribution in [0, 0.1) is 0 Å². The molecular formula is C11H8Br4O5. The number of benzene rings is 1. The van der Waals surface area contributed by atoms with Gasteiger partial charge in [0.05, 0.1) is 17.7 Å². The maximum Gasteiger partial charge on any atom is 0.340 e. The van der Waals surface area contributed by atoms with Gasteiger partial charge in [0.2, 0.25) is 0 Å². The van der Waals surface area contributed by atoms with Gasteiger partial charge in [0, 0.05) is 30.9 Å². The molecule has 0 bridgehead atoms. The summed E-state index contributed by atoms with van der Waals surface area (Å²) in [6.07, 6.45) is 0.282. The number of esters is 1. The van der Waals surface area contributed by atoms with Gasteiger partial charge in [-0.25, -0.2) is 9.59 Å². The summed E-state index contributed by atoms with van der Waals surface area (Å²) in [5.41, 5.74) is -0.307. The zero-order valence-electron chi connectivity index (χ0n) is 9.75. The molecule has 20 heavy (non-hydrogen) atoms. The van der Waals surface area contributed by atoms with Gasteiger partial charge in [-0.1, -0.05) is 0 Å². The van der Waals surface area contributed by atoms with Crippen LogP contribution < -0.4 is 0 Å². The maximum atomic E-state index is 12.0. The number of carbonyl (C=O) groups is 2. The Bertz CT molecular complexity index is 558. The summed E-state index contributed by atoms with van der Waals surface area (Å²) in [7, 11) is 0. The molecule has 5 nitrogen and oxygen atoms in total. The van der Waals surface area contributed by atoms with Crippen molar-refractivity contribution in [1.29, 1.82) is 0 Å². The lowest BCUT2D eigenvalue weighted by molar-refractivity contribution is 0.0471. The van der Waals surface area contributed by atoms with Gasteiger partial charge in [0.25, 0.3) is 0 Å². The van der Waals surface area contributed by atoms with Crippen molar-refractivity contribution in [2.24, 2.45) is 0 Å². The molecule has 0 amide bonds. The largest absolute Gasteiger partial charge is 0.478 e. The molecule has 1 aromatic rings. The highest BCUT2D eigenvalue weighted by molar-refractivity contribution is 9.15. The Morgan fingerprint density at radius 1 is 0.950 bits per heavy atom. The number of aliphatic hydroxyl groups is 1. The zero-order valence-corrected chi connectivity index (χ0v) is 16.1. The second kappa shape index (κ2) is 7.88. The number of carboxylic acid groups (broad SMARTS) is 1. The molecule has 0 atom stereocenters. The molecule has 2 N–H and O–H groups in total. The molecule has 1 aromatic carbocycles. The zero-order chi connectivity index (χ0) is 15.4. The van der Waals surface area contributed by atoms with Crippen molar-refractivity contribution in [2.45, 2.75) is 6.42 Å². The smallest absolute Gasteiger partial charge is 0.340 e. The van der Waals surface area contributed by atoms with Crippen LogP contribution in [0.5, 0.6) is 0 Å². The molecule has 9 heteroatoms. The molecular weight excluding hydrogens is 532 g/mol. The fourth-order valence-corrected chi connectivity index (χ4v) is 3.78. The number of halogens is 4. The van der Waals surface area contributed by atoms with Gasteiger partial charge in [-0.15, -0.1) is 0 Å². The van der Waals surface area contributed by atoms with Crippen LogP contribution >= 0.6 is 63.7 Å². The summed E-state index contributed by atoms with van der Waals surface area (Å²) in [6.45, 7) is -0.111. The van der Waals surface area contributed by atoms with Crippen molar-refractivity contribution in [1.82, 2.24) is 0 Å². The molecule has 0 fully saturated rings.